The normalized spacial score (nSPS) is 20.4. The second-order valence-electron chi connectivity index (χ2n) is 6.12. The molecule has 0 bridgehead atoms. The summed E-state index contributed by atoms with van der Waals surface area (Å²) >= 11 is 5.22. The maximum Gasteiger partial charge on any atom is 0.276 e. The number of benzene rings is 1. The third-order valence-corrected chi connectivity index (χ3v) is 4.32. The molecule has 1 amide bonds. The Morgan fingerprint density at radius 1 is 1.30 bits per heavy atom. The Morgan fingerprint density at radius 2 is 2.09 bits per heavy atom. The molecular weight excluding hydrogens is 310 g/mol. The molecule has 1 aromatic carbocycles. The Labute approximate surface area is 143 Å². The Hall–Kier alpha value is -1.82. The standard InChI is InChI=1S/C17H25N3O2S/c1-12-6-5-8-14(10-12)22-11-16(21)19-20-17(23)18-15-9-4-3-7-13(15)2/h5-6,8,10,13,15H,3-4,7,9,11H2,1-2H3,(H,19,21)(H2,18,20,23)/t13-,15-/m0/s1. The van der Waals surface area contributed by atoms with E-state index >= 15 is 0 Å². The molecule has 0 aromatic heterocycles. The second-order valence-corrected chi connectivity index (χ2v) is 6.53. The maximum atomic E-state index is 11.8. The highest BCUT2D eigenvalue weighted by molar-refractivity contribution is 7.80. The van der Waals surface area contributed by atoms with E-state index in [1.807, 2.05) is 31.2 Å². The first kappa shape index (κ1) is 17.5. The fourth-order valence-electron chi connectivity index (χ4n) is 2.75. The van der Waals surface area contributed by atoms with Crippen LogP contribution in [-0.4, -0.2) is 23.7 Å². The molecule has 3 N–H and O–H groups in total. The highest BCUT2D eigenvalue weighted by Crippen LogP contribution is 2.23. The monoisotopic (exact) mass is 335 g/mol. The van der Waals surface area contributed by atoms with Gasteiger partial charge in [-0.3, -0.25) is 15.6 Å². The number of thiocarbonyl (C=S) groups is 1. The van der Waals surface area contributed by atoms with Crippen LogP contribution < -0.4 is 20.9 Å². The van der Waals surface area contributed by atoms with Crippen molar-refractivity contribution in [1.29, 1.82) is 0 Å². The van der Waals surface area contributed by atoms with E-state index < -0.39 is 0 Å². The predicted octanol–water partition coefficient (Wildman–Crippen LogP) is 2.45. The average Bonchev–Trinajstić information content (AvgIpc) is 2.53. The Balaban J connectivity index is 1.66. The number of ether oxygens (including phenoxy) is 1. The summed E-state index contributed by atoms with van der Waals surface area (Å²) in [6.45, 7) is 4.15. The first-order chi connectivity index (χ1) is 11.0. The number of hydrazine groups is 1. The van der Waals surface area contributed by atoms with E-state index in [4.69, 9.17) is 17.0 Å². The van der Waals surface area contributed by atoms with E-state index in [-0.39, 0.29) is 12.5 Å². The van der Waals surface area contributed by atoms with Crippen LogP contribution in [0.3, 0.4) is 0 Å². The minimum absolute atomic E-state index is 0.0566. The first-order valence-corrected chi connectivity index (χ1v) is 8.50. The van der Waals surface area contributed by atoms with Crippen molar-refractivity contribution in [3.8, 4) is 5.75 Å². The molecule has 23 heavy (non-hydrogen) atoms. The smallest absolute Gasteiger partial charge is 0.276 e. The number of rotatable bonds is 4. The Kier molecular flexibility index (Phi) is 6.65. The van der Waals surface area contributed by atoms with Crippen LogP contribution in [0.4, 0.5) is 0 Å². The van der Waals surface area contributed by atoms with Gasteiger partial charge in [0.2, 0.25) is 0 Å². The Morgan fingerprint density at radius 3 is 2.83 bits per heavy atom. The number of hydrogen-bond donors (Lipinski definition) is 3. The number of amides is 1. The molecule has 0 saturated heterocycles. The quantitative estimate of drug-likeness (QED) is 0.583. The Bertz CT molecular complexity index is 550. The van der Waals surface area contributed by atoms with Gasteiger partial charge in [-0.05, 0) is 55.6 Å². The molecule has 1 fully saturated rings. The SMILES string of the molecule is Cc1cccc(OCC(=O)NNC(=S)N[C@H]2CCCC[C@@H]2C)c1. The van der Waals surface area contributed by atoms with Crippen LogP contribution >= 0.6 is 12.2 Å². The third kappa shape index (κ3) is 6.06. The predicted molar refractivity (Wildman–Crippen MR) is 95.1 cm³/mol. The molecule has 2 rings (SSSR count). The van der Waals surface area contributed by atoms with Gasteiger partial charge in [-0.15, -0.1) is 0 Å². The van der Waals surface area contributed by atoms with Gasteiger partial charge in [0.15, 0.2) is 11.7 Å². The first-order valence-electron chi connectivity index (χ1n) is 8.09. The largest absolute Gasteiger partial charge is 0.484 e. The van der Waals surface area contributed by atoms with E-state index in [1.54, 1.807) is 0 Å². The molecular formula is C17H25N3O2S. The van der Waals surface area contributed by atoms with Crippen LogP contribution in [0.1, 0.15) is 38.2 Å². The van der Waals surface area contributed by atoms with Crippen molar-refractivity contribution in [2.45, 2.75) is 45.6 Å². The lowest BCUT2D eigenvalue weighted by molar-refractivity contribution is -0.123. The van der Waals surface area contributed by atoms with E-state index in [0.29, 0.717) is 22.8 Å². The minimum Gasteiger partial charge on any atom is -0.484 e. The van der Waals surface area contributed by atoms with Gasteiger partial charge in [-0.25, -0.2) is 0 Å². The van der Waals surface area contributed by atoms with Crippen molar-refractivity contribution < 1.29 is 9.53 Å². The van der Waals surface area contributed by atoms with E-state index in [0.717, 1.165) is 12.0 Å². The van der Waals surface area contributed by atoms with Gasteiger partial charge < -0.3 is 10.1 Å². The van der Waals surface area contributed by atoms with Crippen molar-refractivity contribution in [3.63, 3.8) is 0 Å². The highest BCUT2D eigenvalue weighted by Gasteiger charge is 2.21. The molecule has 6 heteroatoms. The van der Waals surface area contributed by atoms with Crippen LogP contribution in [-0.2, 0) is 4.79 Å². The molecule has 1 saturated carbocycles. The van der Waals surface area contributed by atoms with Crippen LogP contribution in [0.15, 0.2) is 24.3 Å². The lowest BCUT2D eigenvalue weighted by Crippen LogP contribution is -2.52. The fourth-order valence-corrected chi connectivity index (χ4v) is 2.95. The van der Waals surface area contributed by atoms with Gasteiger partial charge >= 0.3 is 0 Å². The summed E-state index contributed by atoms with van der Waals surface area (Å²) in [5.74, 6) is 1.01. The number of nitrogens with one attached hydrogen (secondary N) is 3. The van der Waals surface area contributed by atoms with Gasteiger partial charge in [0, 0.05) is 6.04 Å². The van der Waals surface area contributed by atoms with Crippen LogP contribution in [0.5, 0.6) is 5.75 Å². The summed E-state index contributed by atoms with van der Waals surface area (Å²) < 4.78 is 5.43. The van der Waals surface area contributed by atoms with Gasteiger partial charge in [0.25, 0.3) is 5.91 Å². The fraction of sp³-hybridized carbons (Fsp3) is 0.529. The molecule has 2 atom stereocenters. The van der Waals surface area contributed by atoms with E-state index in [2.05, 4.69) is 23.1 Å². The topological polar surface area (TPSA) is 62.4 Å². The molecule has 1 aromatic rings. The third-order valence-electron chi connectivity index (χ3n) is 4.10. The summed E-state index contributed by atoms with van der Waals surface area (Å²) in [6, 6.07) is 7.96. The van der Waals surface area contributed by atoms with Crippen LogP contribution in [0.25, 0.3) is 0 Å². The molecule has 5 nitrogen and oxygen atoms in total. The van der Waals surface area contributed by atoms with Crippen molar-refractivity contribution in [3.05, 3.63) is 29.8 Å². The molecule has 1 aliphatic carbocycles. The number of carbonyl (C=O) groups is 1. The van der Waals surface area contributed by atoms with Gasteiger partial charge in [0.1, 0.15) is 5.75 Å². The van der Waals surface area contributed by atoms with E-state index in [1.165, 1.54) is 19.3 Å². The van der Waals surface area contributed by atoms with Crippen molar-refractivity contribution in [2.24, 2.45) is 5.92 Å². The molecule has 126 valence electrons. The van der Waals surface area contributed by atoms with Crippen LogP contribution in [0.2, 0.25) is 0 Å². The summed E-state index contributed by atoms with van der Waals surface area (Å²) in [5.41, 5.74) is 6.38. The van der Waals surface area contributed by atoms with Gasteiger partial charge in [0.05, 0.1) is 0 Å². The summed E-state index contributed by atoms with van der Waals surface area (Å²) in [6.07, 6.45) is 4.85. The van der Waals surface area contributed by atoms with Crippen molar-refractivity contribution in [1.82, 2.24) is 16.2 Å². The molecule has 0 spiro atoms. The number of hydrogen-bond acceptors (Lipinski definition) is 3. The van der Waals surface area contributed by atoms with Crippen molar-refractivity contribution in [2.75, 3.05) is 6.61 Å². The molecule has 0 unspecified atom stereocenters. The molecule has 0 aliphatic heterocycles. The molecule has 0 radical (unpaired) electrons. The zero-order valence-corrected chi connectivity index (χ0v) is 14.5. The maximum absolute atomic E-state index is 11.8. The number of aryl methyl sites for hydroxylation is 1. The lowest BCUT2D eigenvalue weighted by atomic mass is 9.86. The second kappa shape index (κ2) is 8.72. The summed E-state index contributed by atoms with van der Waals surface area (Å²) in [7, 11) is 0. The average molecular weight is 335 g/mol. The van der Waals surface area contributed by atoms with Gasteiger partial charge in [-0.2, -0.15) is 0 Å². The molecule has 0 heterocycles. The number of carbonyl (C=O) groups excluding carboxylic acids is 1. The zero-order valence-electron chi connectivity index (χ0n) is 13.7. The zero-order chi connectivity index (χ0) is 16.7. The summed E-state index contributed by atoms with van der Waals surface area (Å²) in [4.78, 5) is 11.8. The van der Waals surface area contributed by atoms with E-state index in [9.17, 15) is 4.79 Å². The minimum atomic E-state index is -0.271. The molecule has 1 aliphatic rings. The lowest BCUT2D eigenvalue weighted by Gasteiger charge is -2.30. The van der Waals surface area contributed by atoms with Crippen molar-refractivity contribution >= 4 is 23.2 Å². The van der Waals surface area contributed by atoms with Gasteiger partial charge in [-0.1, -0.05) is 31.9 Å². The highest BCUT2D eigenvalue weighted by atomic mass is 32.1. The van der Waals surface area contributed by atoms with Crippen LogP contribution in [0, 0.1) is 12.8 Å². The summed E-state index contributed by atoms with van der Waals surface area (Å²) in [5, 5.41) is 3.72.